The SMILES string of the molecule is OCC1Cc2cc(Br)ccc2/C1=N/O. The quantitative estimate of drug-likeness (QED) is 0.594. The van der Waals surface area contributed by atoms with Crippen LogP contribution < -0.4 is 0 Å². The van der Waals surface area contributed by atoms with E-state index in [1.807, 2.05) is 18.2 Å². The maximum atomic E-state index is 9.11. The molecule has 0 bridgehead atoms. The fraction of sp³-hybridized carbons (Fsp3) is 0.300. The van der Waals surface area contributed by atoms with Crippen molar-refractivity contribution in [2.24, 2.45) is 11.1 Å². The summed E-state index contributed by atoms with van der Waals surface area (Å²) in [5.74, 6) is -0.0655. The largest absolute Gasteiger partial charge is 0.411 e. The van der Waals surface area contributed by atoms with Crippen molar-refractivity contribution in [1.82, 2.24) is 0 Å². The predicted octanol–water partition coefficient (Wildman–Crippen LogP) is 1.79. The number of aliphatic hydroxyl groups is 1. The molecule has 14 heavy (non-hydrogen) atoms. The highest BCUT2D eigenvalue weighted by molar-refractivity contribution is 9.10. The van der Waals surface area contributed by atoms with Crippen molar-refractivity contribution in [2.75, 3.05) is 6.61 Å². The van der Waals surface area contributed by atoms with Crippen LogP contribution in [0.15, 0.2) is 27.8 Å². The summed E-state index contributed by atoms with van der Waals surface area (Å²) in [6.45, 7) is 0.0195. The molecule has 0 spiro atoms. The number of nitrogens with zero attached hydrogens (tertiary/aromatic N) is 1. The summed E-state index contributed by atoms with van der Waals surface area (Å²) < 4.78 is 1.01. The molecule has 0 saturated heterocycles. The molecule has 4 heteroatoms. The maximum Gasteiger partial charge on any atom is 0.0927 e. The van der Waals surface area contributed by atoms with Gasteiger partial charge < -0.3 is 10.3 Å². The minimum Gasteiger partial charge on any atom is -0.411 e. The number of hydrogen-bond donors (Lipinski definition) is 2. The molecule has 2 N–H and O–H groups in total. The van der Waals surface area contributed by atoms with Crippen molar-refractivity contribution in [1.29, 1.82) is 0 Å². The first-order valence-corrected chi connectivity index (χ1v) is 5.17. The van der Waals surface area contributed by atoms with Crippen LogP contribution in [0.3, 0.4) is 0 Å². The van der Waals surface area contributed by atoms with Gasteiger partial charge in [-0.2, -0.15) is 0 Å². The van der Waals surface area contributed by atoms with Gasteiger partial charge in [-0.15, -0.1) is 0 Å². The van der Waals surface area contributed by atoms with Crippen molar-refractivity contribution in [3.05, 3.63) is 33.8 Å². The lowest BCUT2D eigenvalue weighted by Gasteiger charge is -2.03. The zero-order valence-electron chi connectivity index (χ0n) is 7.44. The Morgan fingerprint density at radius 3 is 2.93 bits per heavy atom. The van der Waals surface area contributed by atoms with Gasteiger partial charge in [0.05, 0.1) is 12.3 Å². The standard InChI is InChI=1S/C10H10BrNO2/c11-8-1-2-9-6(4-8)3-7(5-13)10(9)12-14/h1-2,4,7,13-14H,3,5H2/b12-10+. The summed E-state index contributed by atoms with van der Waals surface area (Å²) in [6.07, 6.45) is 0.741. The van der Waals surface area contributed by atoms with E-state index in [0.29, 0.717) is 5.71 Å². The highest BCUT2D eigenvalue weighted by Gasteiger charge is 2.28. The Hall–Kier alpha value is -0.870. The lowest BCUT2D eigenvalue weighted by molar-refractivity contribution is 0.256. The molecule has 1 aromatic carbocycles. The van der Waals surface area contributed by atoms with E-state index in [1.165, 1.54) is 0 Å². The van der Waals surface area contributed by atoms with E-state index in [9.17, 15) is 0 Å². The molecular weight excluding hydrogens is 246 g/mol. The molecular formula is C10H10BrNO2. The van der Waals surface area contributed by atoms with Gasteiger partial charge in [0.15, 0.2) is 0 Å². The first-order chi connectivity index (χ1) is 6.76. The number of oxime groups is 1. The van der Waals surface area contributed by atoms with Crippen molar-refractivity contribution in [3.63, 3.8) is 0 Å². The Kier molecular flexibility index (Phi) is 2.56. The molecule has 1 atom stereocenters. The Morgan fingerprint density at radius 2 is 2.29 bits per heavy atom. The monoisotopic (exact) mass is 255 g/mol. The molecule has 1 aromatic rings. The number of benzene rings is 1. The Bertz CT molecular complexity index is 390. The summed E-state index contributed by atoms with van der Waals surface area (Å²) in [5.41, 5.74) is 2.65. The summed E-state index contributed by atoms with van der Waals surface area (Å²) in [7, 11) is 0. The number of halogens is 1. The Morgan fingerprint density at radius 1 is 1.50 bits per heavy atom. The van der Waals surface area contributed by atoms with Gasteiger partial charge in [0.25, 0.3) is 0 Å². The molecule has 2 rings (SSSR count). The molecule has 0 saturated carbocycles. The third-order valence-electron chi connectivity index (χ3n) is 2.52. The molecule has 1 aliphatic carbocycles. The predicted molar refractivity (Wildman–Crippen MR) is 56.7 cm³/mol. The number of aliphatic hydroxyl groups excluding tert-OH is 1. The molecule has 0 heterocycles. The molecule has 0 radical (unpaired) electrons. The van der Waals surface area contributed by atoms with Gasteiger partial charge >= 0.3 is 0 Å². The van der Waals surface area contributed by atoms with Crippen LogP contribution in [0, 0.1) is 5.92 Å². The van der Waals surface area contributed by atoms with Crippen LogP contribution in [0.1, 0.15) is 11.1 Å². The van der Waals surface area contributed by atoms with Gasteiger partial charge in [-0.25, -0.2) is 0 Å². The van der Waals surface area contributed by atoms with Gasteiger partial charge in [-0.3, -0.25) is 0 Å². The number of hydrogen-bond acceptors (Lipinski definition) is 3. The van der Waals surface area contributed by atoms with Gasteiger partial charge in [-0.1, -0.05) is 27.2 Å². The van der Waals surface area contributed by atoms with Crippen molar-refractivity contribution < 1.29 is 10.3 Å². The maximum absolute atomic E-state index is 9.11. The van der Waals surface area contributed by atoms with Crippen LogP contribution in [-0.2, 0) is 6.42 Å². The Labute approximate surface area is 90.2 Å². The highest BCUT2D eigenvalue weighted by Crippen LogP contribution is 2.29. The van der Waals surface area contributed by atoms with Crippen LogP contribution in [0.25, 0.3) is 0 Å². The van der Waals surface area contributed by atoms with Gasteiger partial charge in [0.2, 0.25) is 0 Å². The summed E-state index contributed by atoms with van der Waals surface area (Å²) in [4.78, 5) is 0. The van der Waals surface area contributed by atoms with E-state index < -0.39 is 0 Å². The van der Waals surface area contributed by atoms with E-state index >= 15 is 0 Å². The fourth-order valence-electron chi connectivity index (χ4n) is 1.85. The normalized spacial score (nSPS) is 22.7. The molecule has 0 aromatic heterocycles. The van der Waals surface area contributed by atoms with Crippen molar-refractivity contribution in [2.45, 2.75) is 6.42 Å². The molecule has 3 nitrogen and oxygen atoms in total. The number of rotatable bonds is 1. The topological polar surface area (TPSA) is 52.8 Å². The van der Waals surface area contributed by atoms with Gasteiger partial charge in [0, 0.05) is 16.0 Å². The van der Waals surface area contributed by atoms with E-state index in [2.05, 4.69) is 21.1 Å². The lowest BCUT2D eigenvalue weighted by atomic mass is 10.1. The average molecular weight is 256 g/mol. The smallest absolute Gasteiger partial charge is 0.0927 e. The van der Waals surface area contributed by atoms with E-state index in [1.54, 1.807) is 0 Å². The van der Waals surface area contributed by atoms with E-state index in [4.69, 9.17) is 10.3 Å². The zero-order valence-corrected chi connectivity index (χ0v) is 9.03. The molecule has 0 fully saturated rings. The first-order valence-electron chi connectivity index (χ1n) is 4.38. The summed E-state index contributed by atoms with van der Waals surface area (Å²) in [6, 6.07) is 5.81. The zero-order chi connectivity index (χ0) is 10.1. The summed E-state index contributed by atoms with van der Waals surface area (Å²) >= 11 is 3.38. The molecule has 0 aliphatic heterocycles. The van der Waals surface area contributed by atoms with Gasteiger partial charge in [0.1, 0.15) is 0 Å². The van der Waals surface area contributed by atoms with Crippen LogP contribution in [-0.4, -0.2) is 22.6 Å². The minimum absolute atomic E-state index is 0.0195. The number of fused-ring (bicyclic) bond motifs is 1. The van der Waals surface area contributed by atoms with E-state index in [0.717, 1.165) is 22.0 Å². The van der Waals surface area contributed by atoms with Crippen molar-refractivity contribution >= 4 is 21.6 Å². The Balaban J connectivity index is 2.48. The van der Waals surface area contributed by atoms with E-state index in [-0.39, 0.29) is 12.5 Å². The first kappa shape index (κ1) is 9.68. The van der Waals surface area contributed by atoms with Crippen molar-refractivity contribution in [3.8, 4) is 0 Å². The molecule has 0 amide bonds. The molecule has 1 aliphatic rings. The lowest BCUT2D eigenvalue weighted by Crippen LogP contribution is -2.14. The second-order valence-electron chi connectivity index (χ2n) is 3.37. The third kappa shape index (κ3) is 1.44. The van der Waals surface area contributed by atoms with Gasteiger partial charge in [-0.05, 0) is 24.1 Å². The van der Waals surface area contributed by atoms with Crippen LogP contribution in [0.2, 0.25) is 0 Å². The van der Waals surface area contributed by atoms with Crippen LogP contribution >= 0.6 is 15.9 Å². The molecule has 74 valence electrons. The average Bonchev–Trinajstić information content (AvgIpc) is 2.54. The highest BCUT2D eigenvalue weighted by atomic mass is 79.9. The fourth-order valence-corrected chi connectivity index (χ4v) is 2.26. The third-order valence-corrected chi connectivity index (χ3v) is 3.02. The summed E-state index contributed by atoms with van der Waals surface area (Å²) in [5, 5.41) is 21.2. The molecule has 1 unspecified atom stereocenters. The second kappa shape index (κ2) is 3.71. The van der Waals surface area contributed by atoms with Crippen LogP contribution in [0.4, 0.5) is 0 Å². The minimum atomic E-state index is -0.0655. The van der Waals surface area contributed by atoms with Crippen LogP contribution in [0.5, 0.6) is 0 Å². The second-order valence-corrected chi connectivity index (χ2v) is 4.29.